The van der Waals surface area contributed by atoms with Gasteiger partial charge < -0.3 is 10.1 Å². The lowest BCUT2D eigenvalue weighted by atomic mass is 9.48. The number of carbonyl (C=O) groups excluding carboxylic acids is 1. The van der Waals surface area contributed by atoms with Crippen LogP contribution < -0.4 is 10.1 Å². The van der Waals surface area contributed by atoms with Crippen LogP contribution in [-0.2, 0) is 11.2 Å². The van der Waals surface area contributed by atoms with Crippen LogP contribution in [0.3, 0.4) is 0 Å². The van der Waals surface area contributed by atoms with E-state index >= 15 is 0 Å². The number of carbonyl (C=O) groups is 1. The Morgan fingerprint density at radius 2 is 1.79 bits per heavy atom. The molecule has 29 heavy (non-hydrogen) atoms. The first-order valence-electron chi connectivity index (χ1n) is 11.0. The molecule has 4 heteroatoms. The molecular formula is C25H30N2O2. The molecule has 5 aliphatic rings. The van der Waals surface area contributed by atoms with Gasteiger partial charge in [0.2, 0.25) is 0 Å². The van der Waals surface area contributed by atoms with Crippen molar-refractivity contribution in [2.24, 2.45) is 23.2 Å². The molecule has 4 nitrogen and oxygen atoms in total. The number of rotatable bonds is 3. The van der Waals surface area contributed by atoms with Gasteiger partial charge in [-0.05, 0) is 94.2 Å². The molecule has 1 aliphatic heterocycles. The Bertz CT molecular complexity index is 915. The fourth-order valence-corrected chi connectivity index (χ4v) is 7.04. The fraction of sp³-hybridized carbons (Fsp3) is 0.600. The molecule has 0 spiro atoms. The van der Waals surface area contributed by atoms with Gasteiger partial charge >= 0.3 is 0 Å². The van der Waals surface area contributed by atoms with Crippen LogP contribution in [-0.4, -0.2) is 18.4 Å². The van der Waals surface area contributed by atoms with Gasteiger partial charge in [0, 0.05) is 28.3 Å². The van der Waals surface area contributed by atoms with Crippen molar-refractivity contribution < 1.29 is 9.53 Å². The predicted octanol–water partition coefficient (Wildman–Crippen LogP) is 4.62. The standard InChI is InChI=1S/C25H30N2O2/c1-24(2)13-18-8-22(29-3)19(14-26)7-20(18)21(27-24)9-23(28)25-10-15-4-16(11-25)6-17(5-15)12-25/h7-9,15-17,27H,4-6,10-13H2,1-3H3/b21-9-. The Labute approximate surface area is 173 Å². The van der Waals surface area contributed by atoms with Crippen molar-refractivity contribution in [1.29, 1.82) is 5.26 Å². The topological polar surface area (TPSA) is 62.1 Å². The maximum atomic E-state index is 13.7. The Balaban J connectivity index is 1.55. The van der Waals surface area contributed by atoms with E-state index in [1.54, 1.807) is 7.11 Å². The first-order chi connectivity index (χ1) is 13.8. The van der Waals surface area contributed by atoms with Crippen LogP contribution in [0.2, 0.25) is 0 Å². The van der Waals surface area contributed by atoms with Crippen molar-refractivity contribution in [3.8, 4) is 11.8 Å². The lowest BCUT2D eigenvalue weighted by molar-refractivity contribution is -0.138. The third-order valence-corrected chi connectivity index (χ3v) is 7.78. The van der Waals surface area contributed by atoms with Gasteiger partial charge in [-0.15, -0.1) is 0 Å². The summed E-state index contributed by atoms with van der Waals surface area (Å²) >= 11 is 0. The summed E-state index contributed by atoms with van der Waals surface area (Å²) < 4.78 is 5.42. The summed E-state index contributed by atoms with van der Waals surface area (Å²) in [5.74, 6) is 3.16. The molecule has 0 saturated heterocycles. The number of hydrogen-bond acceptors (Lipinski definition) is 4. The summed E-state index contributed by atoms with van der Waals surface area (Å²) in [6, 6.07) is 6.09. The second-order valence-corrected chi connectivity index (χ2v) is 10.6. The van der Waals surface area contributed by atoms with E-state index in [-0.39, 0.29) is 11.0 Å². The molecule has 0 radical (unpaired) electrons. The number of ketones is 1. The van der Waals surface area contributed by atoms with Gasteiger partial charge in [0.15, 0.2) is 5.78 Å². The maximum Gasteiger partial charge on any atom is 0.163 e. The zero-order valence-electron chi connectivity index (χ0n) is 17.7. The highest BCUT2D eigenvalue weighted by Crippen LogP contribution is 2.60. The third kappa shape index (κ3) is 3.06. The van der Waals surface area contributed by atoms with Crippen LogP contribution in [0.1, 0.15) is 69.1 Å². The summed E-state index contributed by atoms with van der Waals surface area (Å²) in [5, 5.41) is 13.1. The molecule has 152 valence electrons. The first-order valence-corrected chi connectivity index (χ1v) is 11.0. The number of nitrogens with zero attached hydrogens (tertiary/aromatic N) is 1. The van der Waals surface area contributed by atoms with Crippen LogP contribution in [0.15, 0.2) is 18.2 Å². The second kappa shape index (κ2) is 6.36. The predicted molar refractivity (Wildman–Crippen MR) is 112 cm³/mol. The van der Waals surface area contributed by atoms with Crippen molar-refractivity contribution >= 4 is 11.5 Å². The van der Waals surface area contributed by atoms with E-state index in [1.165, 1.54) is 19.3 Å². The molecule has 4 bridgehead atoms. The normalized spacial score (nSPS) is 35.0. The number of ether oxygens (including phenoxy) is 1. The summed E-state index contributed by atoms with van der Waals surface area (Å²) in [7, 11) is 1.60. The van der Waals surface area contributed by atoms with Crippen molar-refractivity contribution in [1.82, 2.24) is 5.32 Å². The van der Waals surface area contributed by atoms with Gasteiger partial charge in [-0.2, -0.15) is 5.26 Å². The van der Waals surface area contributed by atoms with Crippen molar-refractivity contribution in [3.63, 3.8) is 0 Å². The van der Waals surface area contributed by atoms with Crippen LogP contribution in [0, 0.1) is 34.5 Å². The van der Waals surface area contributed by atoms with Gasteiger partial charge in [0.1, 0.15) is 11.8 Å². The Morgan fingerprint density at radius 1 is 1.17 bits per heavy atom. The number of methoxy groups -OCH3 is 1. The van der Waals surface area contributed by atoms with E-state index < -0.39 is 0 Å². The minimum absolute atomic E-state index is 0.143. The third-order valence-electron chi connectivity index (χ3n) is 7.78. The Kier molecular flexibility index (Phi) is 4.11. The van der Waals surface area contributed by atoms with E-state index in [4.69, 9.17) is 4.74 Å². The van der Waals surface area contributed by atoms with Crippen LogP contribution >= 0.6 is 0 Å². The number of allylic oxidation sites excluding steroid dienone is 1. The van der Waals surface area contributed by atoms with E-state index in [1.807, 2.05) is 18.2 Å². The van der Waals surface area contributed by atoms with E-state index in [0.29, 0.717) is 17.1 Å². The monoisotopic (exact) mass is 390 g/mol. The molecule has 0 aromatic heterocycles. The van der Waals surface area contributed by atoms with Gasteiger partial charge in [0.25, 0.3) is 0 Å². The zero-order chi connectivity index (χ0) is 20.4. The fourth-order valence-electron chi connectivity index (χ4n) is 7.04. The summed E-state index contributed by atoms with van der Waals surface area (Å²) in [6.45, 7) is 4.31. The lowest BCUT2D eigenvalue weighted by Gasteiger charge is -2.55. The second-order valence-electron chi connectivity index (χ2n) is 10.6. The molecule has 1 N–H and O–H groups in total. The van der Waals surface area contributed by atoms with Gasteiger partial charge in [0.05, 0.1) is 12.7 Å². The van der Waals surface area contributed by atoms with E-state index in [9.17, 15) is 10.1 Å². The number of fused-ring (bicyclic) bond motifs is 1. The molecule has 0 unspecified atom stereocenters. The number of nitriles is 1. The Morgan fingerprint density at radius 3 is 2.34 bits per heavy atom. The van der Waals surface area contributed by atoms with Crippen molar-refractivity contribution in [2.75, 3.05) is 7.11 Å². The molecule has 1 heterocycles. The quantitative estimate of drug-likeness (QED) is 0.765. The molecular weight excluding hydrogens is 360 g/mol. The molecule has 6 rings (SSSR count). The highest BCUT2D eigenvalue weighted by Gasteiger charge is 2.54. The van der Waals surface area contributed by atoms with Gasteiger partial charge in [-0.1, -0.05) is 0 Å². The van der Waals surface area contributed by atoms with Crippen molar-refractivity contribution in [2.45, 2.75) is 64.3 Å². The molecule has 1 aromatic rings. The summed E-state index contributed by atoms with van der Waals surface area (Å²) in [5.41, 5.74) is 3.20. The first kappa shape index (κ1) is 18.7. The Hall–Kier alpha value is -2.28. The molecule has 0 atom stereocenters. The smallest absolute Gasteiger partial charge is 0.163 e. The lowest BCUT2D eigenvalue weighted by Crippen LogP contribution is -2.50. The SMILES string of the molecule is COc1cc2c(cc1C#N)/C(=C/C(=O)C13CC4CC(CC(C4)C1)C3)NC(C)(C)C2. The maximum absolute atomic E-state index is 13.7. The minimum Gasteiger partial charge on any atom is -0.495 e. The zero-order valence-corrected chi connectivity index (χ0v) is 17.7. The minimum atomic E-state index is -0.153. The van der Waals surface area contributed by atoms with Crippen LogP contribution in [0.4, 0.5) is 0 Å². The number of hydrogen-bond donors (Lipinski definition) is 1. The average Bonchev–Trinajstić information content (AvgIpc) is 2.65. The molecule has 1 aromatic carbocycles. The average molecular weight is 391 g/mol. The molecule has 4 aliphatic carbocycles. The molecule has 0 amide bonds. The number of nitrogens with one attached hydrogen (secondary N) is 1. The largest absolute Gasteiger partial charge is 0.495 e. The van der Waals surface area contributed by atoms with Crippen LogP contribution in [0.25, 0.3) is 5.70 Å². The van der Waals surface area contributed by atoms with E-state index in [2.05, 4.69) is 25.2 Å². The van der Waals surface area contributed by atoms with Gasteiger partial charge in [-0.3, -0.25) is 4.79 Å². The highest BCUT2D eigenvalue weighted by atomic mass is 16.5. The molecule has 4 fully saturated rings. The van der Waals surface area contributed by atoms with Gasteiger partial charge in [-0.25, -0.2) is 0 Å². The van der Waals surface area contributed by atoms with Crippen molar-refractivity contribution in [3.05, 3.63) is 34.9 Å². The summed E-state index contributed by atoms with van der Waals surface area (Å²) in [4.78, 5) is 13.7. The highest BCUT2D eigenvalue weighted by molar-refractivity contribution is 6.01. The number of benzene rings is 1. The summed E-state index contributed by atoms with van der Waals surface area (Å²) in [6.07, 6.45) is 9.93. The van der Waals surface area contributed by atoms with E-state index in [0.717, 1.165) is 60.3 Å². The van der Waals surface area contributed by atoms with Crippen LogP contribution in [0.5, 0.6) is 5.75 Å². The molecule has 4 saturated carbocycles.